The average molecular weight is 512 g/mol. The van der Waals surface area contributed by atoms with Crippen LogP contribution in [0.1, 0.15) is 12.0 Å². The van der Waals surface area contributed by atoms with E-state index >= 15 is 0 Å². The van der Waals surface area contributed by atoms with Crippen LogP contribution >= 0.6 is 46.9 Å². The predicted octanol–water partition coefficient (Wildman–Crippen LogP) is 6.03. The lowest BCUT2D eigenvalue weighted by Gasteiger charge is -2.20. The minimum absolute atomic E-state index is 0. The summed E-state index contributed by atoms with van der Waals surface area (Å²) >= 11 is 13.6. The molecule has 0 fully saturated rings. The topological polar surface area (TPSA) is 60.2 Å². The summed E-state index contributed by atoms with van der Waals surface area (Å²) in [5.74, 6) is 0.227. The summed E-state index contributed by atoms with van der Waals surface area (Å²) in [7, 11) is 0. The molecule has 10 heteroatoms. The summed E-state index contributed by atoms with van der Waals surface area (Å²) in [5, 5.41) is 1.53. The molecule has 2 aromatic heterocycles. The zero-order valence-corrected chi connectivity index (χ0v) is 20.3. The van der Waals surface area contributed by atoms with E-state index < -0.39 is 0 Å². The summed E-state index contributed by atoms with van der Waals surface area (Å²) in [5.41, 5.74) is 2.03. The third-order valence-corrected chi connectivity index (χ3v) is 6.24. The van der Waals surface area contributed by atoms with Gasteiger partial charge in [-0.05, 0) is 49.2 Å². The van der Waals surface area contributed by atoms with Crippen molar-refractivity contribution in [1.29, 1.82) is 0 Å². The second kappa shape index (κ2) is 11.0. The number of carbonyl (C=O) groups excluding carboxylic acids is 1. The second-order valence-corrected chi connectivity index (χ2v) is 8.88. The van der Waals surface area contributed by atoms with Gasteiger partial charge in [0, 0.05) is 30.5 Å². The van der Waals surface area contributed by atoms with Crippen LogP contribution in [0.15, 0.2) is 55.1 Å². The van der Waals surface area contributed by atoms with Gasteiger partial charge in [-0.2, -0.15) is 0 Å². The lowest BCUT2D eigenvalue weighted by molar-refractivity contribution is -0.120. The highest BCUT2D eigenvalue weighted by molar-refractivity contribution is 7.22. The minimum atomic E-state index is -0.188. The zero-order valence-electron chi connectivity index (χ0n) is 17.2. The van der Waals surface area contributed by atoms with E-state index in [2.05, 4.69) is 16.0 Å². The summed E-state index contributed by atoms with van der Waals surface area (Å²) in [6.07, 6.45) is 6.15. The van der Waals surface area contributed by atoms with Crippen LogP contribution in [0.25, 0.3) is 10.2 Å². The van der Waals surface area contributed by atoms with Gasteiger partial charge in [-0.1, -0.05) is 40.6 Å². The number of rotatable bonds is 8. The molecule has 0 spiro atoms. The number of anilines is 1. The van der Waals surface area contributed by atoms with Gasteiger partial charge in [0.25, 0.3) is 5.91 Å². The number of aryl methyl sites for hydroxylation is 2. The molecule has 4 rings (SSSR count). The fourth-order valence-electron chi connectivity index (χ4n) is 3.10. The number of hydrogen-bond donors (Lipinski definition) is 0. The van der Waals surface area contributed by atoms with Gasteiger partial charge >= 0.3 is 0 Å². The van der Waals surface area contributed by atoms with Crippen LogP contribution in [0.5, 0.6) is 5.75 Å². The smallest absolute Gasteiger partial charge is 0.266 e. The Labute approximate surface area is 206 Å². The van der Waals surface area contributed by atoms with E-state index in [-0.39, 0.29) is 24.9 Å². The first-order valence-corrected chi connectivity index (χ1v) is 11.3. The van der Waals surface area contributed by atoms with Crippen LogP contribution in [0, 0.1) is 6.92 Å². The molecular formula is C22H21Cl3N4O2S. The SMILES string of the molecule is Cc1ccc2nc(N(CCCn3ccnc3)C(=O)COc3ccc(Cl)cc3Cl)sc2c1.Cl. The highest BCUT2D eigenvalue weighted by Crippen LogP contribution is 2.31. The van der Waals surface area contributed by atoms with Crippen molar-refractivity contribution in [2.45, 2.75) is 19.9 Å². The largest absolute Gasteiger partial charge is 0.482 e. The minimum Gasteiger partial charge on any atom is -0.482 e. The van der Waals surface area contributed by atoms with Gasteiger partial charge in [-0.25, -0.2) is 9.97 Å². The summed E-state index contributed by atoms with van der Waals surface area (Å²) in [6, 6.07) is 11.0. The maximum atomic E-state index is 13.1. The van der Waals surface area contributed by atoms with Crippen molar-refractivity contribution < 1.29 is 9.53 Å². The Morgan fingerprint density at radius 2 is 2.06 bits per heavy atom. The number of benzene rings is 2. The average Bonchev–Trinajstić information content (AvgIpc) is 3.39. The van der Waals surface area contributed by atoms with Crippen molar-refractivity contribution in [3.63, 3.8) is 0 Å². The van der Waals surface area contributed by atoms with Crippen LogP contribution in [-0.4, -0.2) is 33.6 Å². The molecule has 0 unspecified atom stereocenters. The number of thiazole rings is 1. The van der Waals surface area contributed by atoms with E-state index in [1.165, 1.54) is 11.3 Å². The summed E-state index contributed by atoms with van der Waals surface area (Å²) in [6.45, 7) is 3.14. The first-order chi connectivity index (χ1) is 15.0. The van der Waals surface area contributed by atoms with Crippen LogP contribution < -0.4 is 9.64 Å². The molecule has 0 bridgehead atoms. The second-order valence-electron chi connectivity index (χ2n) is 7.03. The first kappa shape index (κ1) is 24.3. The highest BCUT2D eigenvalue weighted by Gasteiger charge is 2.21. The number of halogens is 3. The van der Waals surface area contributed by atoms with Gasteiger partial charge in [0.05, 0.1) is 21.6 Å². The normalized spacial score (nSPS) is 10.7. The Kier molecular flexibility index (Phi) is 8.37. The molecule has 0 saturated carbocycles. The van der Waals surface area contributed by atoms with E-state index in [1.807, 2.05) is 29.8 Å². The molecule has 0 aliphatic heterocycles. The van der Waals surface area contributed by atoms with Crippen molar-refractivity contribution in [3.8, 4) is 5.75 Å². The quantitative estimate of drug-likeness (QED) is 0.290. The van der Waals surface area contributed by atoms with Crippen molar-refractivity contribution in [1.82, 2.24) is 14.5 Å². The predicted molar refractivity (Wildman–Crippen MR) is 133 cm³/mol. The molecule has 6 nitrogen and oxygen atoms in total. The van der Waals surface area contributed by atoms with Crippen molar-refractivity contribution in [3.05, 3.63) is 70.7 Å². The summed E-state index contributed by atoms with van der Waals surface area (Å²) < 4.78 is 8.71. The molecule has 32 heavy (non-hydrogen) atoms. The first-order valence-electron chi connectivity index (χ1n) is 9.71. The Morgan fingerprint density at radius 1 is 1.22 bits per heavy atom. The Hall–Kier alpha value is -2.32. The van der Waals surface area contributed by atoms with Crippen LogP contribution in [0.4, 0.5) is 5.13 Å². The molecule has 0 aliphatic carbocycles. The number of ether oxygens (including phenoxy) is 1. The third-order valence-electron chi connectivity index (χ3n) is 4.67. The maximum absolute atomic E-state index is 13.1. The number of hydrogen-bond acceptors (Lipinski definition) is 5. The summed E-state index contributed by atoms with van der Waals surface area (Å²) in [4.78, 5) is 23.5. The zero-order chi connectivity index (χ0) is 21.8. The van der Waals surface area contributed by atoms with E-state index in [0.717, 1.165) is 28.7 Å². The van der Waals surface area contributed by atoms with E-state index in [0.29, 0.717) is 27.5 Å². The number of aromatic nitrogens is 3. The molecule has 0 aliphatic rings. The Balaban J connectivity index is 0.00000289. The fraction of sp³-hybridized carbons (Fsp3) is 0.227. The maximum Gasteiger partial charge on any atom is 0.266 e. The molecule has 2 aromatic carbocycles. The van der Waals surface area contributed by atoms with Crippen LogP contribution in [0.3, 0.4) is 0 Å². The van der Waals surface area contributed by atoms with Crippen molar-refractivity contribution >= 4 is 68.2 Å². The van der Waals surface area contributed by atoms with E-state index in [1.54, 1.807) is 35.6 Å². The van der Waals surface area contributed by atoms with Gasteiger partial charge < -0.3 is 9.30 Å². The molecule has 2 heterocycles. The van der Waals surface area contributed by atoms with Gasteiger partial charge in [-0.15, -0.1) is 12.4 Å². The van der Waals surface area contributed by atoms with Crippen LogP contribution in [-0.2, 0) is 11.3 Å². The van der Waals surface area contributed by atoms with Crippen molar-refractivity contribution in [2.24, 2.45) is 0 Å². The number of imidazole rings is 1. The molecule has 0 N–H and O–H groups in total. The molecule has 0 atom stereocenters. The number of carbonyl (C=O) groups is 1. The van der Waals surface area contributed by atoms with Gasteiger partial charge in [0.1, 0.15) is 5.75 Å². The molecule has 0 saturated heterocycles. The lowest BCUT2D eigenvalue weighted by atomic mass is 10.2. The number of fused-ring (bicyclic) bond motifs is 1. The molecule has 168 valence electrons. The van der Waals surface area contributed by atoms with E-state index in [4.69, 9.17) is 27.9 Å². The Bertz CT molecular complexity index is 1200. The monoisotopic (exact) mass is 510 g/mol. The number of amides is 1. The van der Waals surface area contributed by atoms with Crippen molar-refractivity contribution in [2.75, 3.05) is 18.1 Å². The fourth-order valence-corrected chi connectivity index (χ4v) is 4.67. The highest BCUT2D eigenvalue weighted by atomic mass is 35.5. The van der Waals surface area contributed by atoms with Gasteiger partial charge in [0.2, 0.25) is 0 Å². The van der Waals surface area contributed by atoms with E-state index in [9.17, 15) is 4.79 Å². The Morgan fingerprint density at radius 3 is 2.81 bits per heavy atom. The molecule has 0 radical (unpaired) electrons. The lowest BCUT2D eigenvalue weighted by Crippen LogP contribution is -2.36. The van der Waals surface area contributed by atoms with Gasteiger partial charge in [-0.3, -0.25) is 9.69 Å². The number of nitrogens with zero attached hydrogens (tertiary/aromatic N) is 4. The molecule has 4 aromatic rings. The standard InChI is InChI=1S/C22H20Cl2N4O2S.ClH/c1-15-3-5-18-20(11-15)31-22(26-18)28(9-2-8-27-10-7-25-14-27)21(29)13-30-19-6-4-16(23)12-17(19)24;/h3-7,10-12,14H,2,8-9,13H2,1H3;1H. The molecular weight excluding hydrogens is 491 g/mol. The third kappa shape index (κ3) is 5.92. The van der Waals surface area contributed by atoms with Crippen LogP contribution in [0.2, 0.25) is 10.0 Å². The molecule has 1 amide bonds. The van der Waals surface area contributed by atoms with Gasteiger partial charge in [0.15, 0.2) is 11.7 Å².